The minimum atomic E-state index is -0.159. The zero-order valence-electron chi connectivity index (χ0n) is 17.2. The van der Waals surface area contributed by atoms with Gasteiger partial charge in [-0.1, -0.05) is 23.4 Å². The van der Waals surface area contributed by atoms with Crippen LogP contribution in [0.25, 0.3) is 10.9 Å². The summed E-state index contributed by atoms with van der Waals surface area (Å²) in [5, 5.41) is 16.5. The zero-order valence-corrected chi connectivity index (χ0v) is 17.2. The van der Waals surface area contributed by atoms with Crippen LogP contribution in [0.1, 0.15) is 41.5 Å². The lowest BCUT2D eigenvalue weighted by Gasteiger charge is -2.08. The number of amides is 1. The molecule has 8 nitrogen and oxygen atoms in total. The average Bonchev–Trinajstić information content (AvgIpc) is 3.39. The van der Waals surface area contributed by atoms with Crippen LogP contribution in [0.2, 0.25) is 0 Å². The fraction of sp³-hybridized carbons (Fsp3) is 0.273. The van der Waals surface area contributed by atoms with Crippen molar-refractivity contribution in [3.63, 3.8) is 0 Å². The van der Waals surface area contributed by atoms with Gasteiger partial charge in [0.1, 0.15) is 11.4 Å². The maximum absolute atomic E-state index is 12.8. The molecule has 0 saturated carbocycles. The van der Waals surface area contributed by atoms with Gasteiger partial charge in [0.25, 0.3) is 5.91 Å². The molecule has 0 aliphatic carbocycles. The van der Waals surface area contributed by atoms with Crippen molar-refractivity contribution in [1.82, 2.24) is 30.1 Å². The second-order valence-corrected chi connectivity index (χ2v) is 7.36. The molecule has 154 valence electrons. The molecule has 0 radical (unpaired) electrons. The number of ether oxygens (including phenoxy) is 1. The van der Waals surface area contributed by atoms with E-state index in [2.05, 4.69) is 34.6 Å². The third kappa shape index (κ3) is 4.03. The Morgan fingerprint density at radius 2 is 1.97 bits per heavy atom. The van der Waals surface area contributed by atoms with Crippen molar-refractivity contribution in [2.24, 2.45) is 0 Å². The molecule has 4 aromatic rings. The van der Waals surface area contributed by atoms with Crippen LogP contribution in [0.4, 0.5) is 0 Å². The molecule has 2 aromatic carbocycles. The first kappa shape index (κ1) is 19.6. The first-order valence-corrected chi connectivity index (χ1v) is 9.81. The Morgan fingerprint density at radius 1 is 1.17 bits per heavy atom. The minimum Gasteiger partial charge on any atom is -0.497 e. The lowest BCUT2D eigenvalue weighted by Crippen LogP contribution is -2.23. The van der Waals surface area contributed by atoms with Crippen molar-refractivity contribution in [2.45, 2.75) is 33.0 Å². The second-order valence-electron chi connectivity index (χ2n) is 7.36. The Balaban J connectivity index is 1.41. The van der Waals surface area contributed by atoms with Crippen LogP contribution in [0, 0.1) is 0 Å². The van der Waals surface area contributed by atoms with Gasteiger partial charge < -0.3 is 10.1 Å². The Hall–Kier alpha value is -3.68. The number of benzene rings is 2. The fourth-order valence-corrected chi connectivity index (χ4v) is 3.36. The molecule has 0 bridgehead atoms. The Morgan fingerprint density at radius 3 is 2.70 bits per heavy atom. The number of nitrogens with zero attached hydrogens (tertiary/aromatic N) is 5. The van der Waals surface area contributed by atoms with E-state index in [1.165, 1.54) is 0 Å². The molecule has 1 N–H and O–H groups in total. The summed E-state index contributed by atoms with van der Waals surface area (Å²) >= 11 is 0. The number of nitrogens with one attached hydrogen (secondary N) is 1. The summed E-state index contributed by atoms with van der Waals surface area (Å²) in [6.07, 6.45) is 3.58. The number of aromatic nitrogens is 5. The van der Waals surface area contributed by atoms with E-state index in [9.17, 15) is 4.79 Å². The standard InChI is InChI=1S/C22H24N6O2/c1-15(2)28-21-6-4-5-19(20(21)12-24-28)22(29)23-11-17-14-27(26-25-17)13-16-7-9-18(30-3)10-8-16/h4-10,12,14-15H,11,13H2,1-3H3,(H,23,29). The van der Waals surface area contributed by atoms with Crippen LogP contribution >= 0.6 is 0 Å². The van der Waals surface area contributed by atoms with Gasteiger partial charge in [-0.05, 0) is 43.7 Å². The lowest BCUT2D eigenvalue weighted by molar-refractivity contribution is 0.0952. The van der Waals surface area contributed by atoms with E-state index in [1.54, 1.807) is 18.0 Å². The quantitative estimate of drug-likeness (QED) is 0.511. The molecule has 8 heteroatoms. The summed E-state index contributed by atoms with van der Waals surface area (Å²) in [7, 11) is 1.64. The third-order valence-electron chi connectivity index (χ3n) is 4.89. The molecular formula is C22H24N6O2. The van der Waals surface area contributed by atoms with Crippen molar-refractivity contribution in [2.75, 3.05) is 7.11 Å². The molecule has 0 atom stereocenters. The smallest absolute Gasteiger partial charge is 0.252 e. The number of fused-ring (bicyclic) bond motifs is 1. The fourth-order valence-electron chi connectivity index (χ4n) is 3.36. The van der Waals surface area contributed by atoms with Crippen LogP contribution in [-0.4, -0.2) is 37.8 Å². The predicted molar refractivity (Wildman–Crippen MR) is 113 cm³/mol. The molecule has 0 aliphatic heterocycles. The van der Waals surface area contributed by atoms with E-state index >= 15 is 0 Å². The molecule has 0 aliphatic rings. The molecule has 1 amide bonds. The number of carbonyl (C=O) groups excluding carboxylic acids is 1. The monoisotopic (exact) mass is 404 g/mol. The van der Waals surface area contributed by atoms with Crippen molar-refractivity contribution in [3.05, 3.63) is 71.7 Å². The highest BCUT2D eigenvalue weighted by Gasteiger charge is 2.14. The summed E-state index contributed by atoms with van der Waals surface area (Å²) in [5.74, 6) is 0.656. The van der Waals surface area contributed by atoms with Gasteiger partial charge in [-0.25, -0.2) is 4.68 Å². The Labute approximate surface area is 174 Å². The van der Waals surface area contributed by atoms with Crippen molar-refractivity contribution in [3.8, 4) is 5.75 Å². The summed E-state index contributed by atoms with van der Waals surface area (Å²) in [5.41, 5.74) is 3.33. The van der Waals surface area contributed by atoms with Crippen LogP contribution in [0.5, 0.6) is 5.75 Å². The number of hydrogen-bond donors (Lipinski definition) is 1. The molecule has 2 aromatic heterocycles. The third-order valence-corrected chi connectivity index (χ3v) is 4.89. The number of carbonyl (C=O) groups is 1. The zero-order chi connectivity index (χ0) is 21.1. The number of methoxy groups -OCH3 is 1. The Kier molecular flexibility index (Phi) is 5.47. The van der Waals surface area contributed by atoms with Crippen molar-refractivity contribution < 1.29 is 9.53 Å². The first-order chi connectivity index (χ1) is 14.5. The van der Waals surface area contributed by atoms with E-state index < -0.39 is 0 Å². The molecule has 30 heavy (non-hydrogen) atoms. The molecule has 2 heterocycles. The molecule has 0 unspecified atom stereocenters. The van der Waals surface area contributed by atoms with Gasteiger partial charge in [0.05, 0.1) is 43.7 Å². The first-order valence-electron chi connectivity index (χ1n) is 9.81. The number of rotatable bonds is 7. The van der Waals surface area contributed by atoms with E-state index in [0.717, 1.165) is 22.2 Å². The molecule has 0 spiro atoms. The molecule has 4 rings (SSSR count). The average molecular weight is 404 g/mol. The summed E-state index contributed by atoms with van der Waals surface area (Å²) in [6.45, 7) is 5.03. The van der Waals surface area contributed by atoms with Crippen LogP contribution < -0.4 is 10.1 Å². The predicted octanol–water partition coefficient (Wildman–Crippen LogP) is 3.20. The highest BCUT2D eigenvalue weighted by Crippen LogP contribution is 2.21. The summed E-state index contributed by atoms with van der Waals surface area (Å²) in [6, 6.07) is 13.7. The van der Waals surface area contributed by atoms with Gasteiger partial charge in [-0.3, -0.25) is 9.48 Å². The van der Waals surface area contributed by atoms with Gasteiger partial charge in [0.2, 0.25) is 0 Å². The molecule has 0 saturated heterocycles. The number of hydrogen-bond acceptors (Lipinski definition) is 5. The summed E-state index contributed by atoms with van der Waals surface area (Å²) in [4.78, 5) is 12.8. The van der Waals surface area contributed by atoms with Gasteiger partial charge in [-0.15, -0.1) is 5.10 Å². The second kappa shape index (κ2) is 8.36. The van der Waals surface area contributed by atoms with Crippen molar-refractivity contribution in [1.29, 1.82) is 0 Å². The molecule has 0 fully saturated rings. The topological polar surface area (TPSA) is 86.9 Å². The SMILES string of the molecule is COc1ccc(Cn2cc(CNC(=O)c3cccc4c3cnn4C(C)C)nn2)cc1. The van der Waals surface area contributed by atoms with Crippen LogP contribution in [0.3, 0.4) is 0 Å². The van der Waals surface area contributed by atoms with Crippen LogP contribution in [-0.2, 0) is 13.1 Å². The minimum absolute atomic E-state index is 0.159. The maximum Gasteiger partial charge on any atom is 0.252 e. The van der Waals surface area contributed by atoms with Crippen LogP contribution in [0.15, 0.2) is 54.9 Å². The van der Waals surface area contributed by atoms with E-state index in [0.29, 0.717) is 24.3 Å². The highest BCUT2D eigenvalue weighted by molar-refractivity contribution is 6.06. The van der Waals surface area contributed by atoms with Gasteiger partial charge in [-0.2, -0.15) is 5.10 Å². The largest absolute Gasteiger partial charge is 0.497 e. The normalized spacial score (nSPS) is 11.2. The van der Waals surface area contributed by atoms with Gasteiger partial charge in [0.15, 0.2) is 0 Å². The Bertz CT molecular complexity index is 1160. The van der Waals surface area contributed by atoms with E-state index in [-0.39, 0.29) is 11.9 Å². The molecular weight excluding hydrogens is 380 g/mol. The van der Waals surface area contributed by atoms with Gasteiger partial charge in [0, 0.05) is 11.4 Å². The van der Waals surface area contributed by atoms with Crippen molar-refractivity contribution >= 4 is 16.8 Å². The van der Waals surface area contributed by atoms with E-state index in [1.807, 2.05) is 53.3 Å². The lowest BCUT2D eigenvalue weighted by atomic mass is 10.1. The highest BCUT2D eigenvalue weighted by atomic mass is 16.5. The van der Waals surface area contributed by atoms with E-state index in [4.69, 9.17) is 4.74 Å². The maximum atomic E-state index is 12.8. The summed E-state index contributed by atoms with van der Waals surface area (Å²) < 4.78 is 8.83. The van der Waals surface area contributed by atoms with Gasteiger partial charge >= 0.3 is 0 Å².